The SMILES string of the molecule is CCN(C(=O)[C@@H](NC(=O)C1CCCCN1C(C)C)C(C)C)[C@@H](/C=C(\C)C(=O)O)C(C)C. The summed E-state index contributed by atoms with van der Waals surface area (Å²) in [5.74, 6) is -1.29. The van der Waals surface area contributed by atoms with Crippen molar-refractivity contribution in [2.24, 2.45) is 11.8 Å². The molecule has 1 aliphatic rings. The second kappa shape index (κ2) is 12.2. The van der Waals surface area contributed by atoms with Crippen molar-refractivity contribution in [2.75, 3.05) is 13.1 Å². The molecule has 1 rings (SSSR count). The van der Waals surface area contributed by atoms with E-state index in [1.165, 1.54) is 0 Å². The zero-order valence-electron chi connectivity index (χ0n) is 20.6. The quantitative estimate of drug-likeness (QED) is 0.512. The molecular formula is C24H43N3O4. The van der Waals surface area contributed by atoms with Crippen molar-refractivity contribution in [3.63, 3.8) is 0 Å². The highest BCUT2D eigenvalue weighted by Gasteiger charge is 2.36. The summed E-state index contributed by atoms with van der Waals surface area (Å²) in [6.45, 7) is 16.8. The second-order valence-electron chi connectivity index (χ2n) is 9.59. The Hall–Kier alpha value is -1.89. The van der Waals surface area contributed by atoms with Crippen LogP contribution >= 0.6 is 0 Å². The Bertz CT molecular complexity index is 657. The molecule has 7 nitrogen and oxygen atoms in total. The molecule has 0 aliphatic carbocycles. The Kier molecular flexibility index (Phi) is 10.7. The minimum absolute atomic E-state index is 0.0384. The van der Waals surface area contributed by atoms with E-state index in [2.05, 4.69) is 24.1 Å². The van der Waals surface area contributed by atoms with E-state index in [0.29, 0.717) is 6.54 Å². The van der Waals surface area contributed by atoms with Gasteiger partial charge < -0.3 is 15.3 Å². The number of amides is 2. The van der Waals surface area contributed by atoms with Gasteiger partial charge in [0.25, 0.3) is 0 Å². The zero-order valence-corrected chi connectivity index (χ0v) is 20.6. The van der Waals surface area contributed by atoms with Gasteiger partial charge in [-0.1, -0.05) is 40.2 Å². The minimum atomic E-state index is -0.992. The van der Waals surface area contributed by atoms with Crippen LogP contribution in [0.15, 0.2) is 11.6 Å². The van der Waals surface area contributed by atoms with Gasteiger partial charge in [-0.15, -0.1) is 0 Å². The summed E-state index contributed by atoms with van der Waals surface area (Å²) in [6, 6.07) is -0.949. The molecular weight excluding hydrogens is 394 g/mol. The Morgan fingerprint density at radius 3 is 2.16 bits per heavy atom. The number of nitrogens with zero attached hydrogens (tertiary/aromatic N) is 2. The van der Waals surface area contributed by atoms with Crippen molar-refractivity contribution in [3.8, 4) is 0 Å². The molecule has 1 unspecified atom stereocenters. The lowest BCUT2D eigenvalue weighted by Crippen LogP contribution is -2.59. The fourth-order valence-electron chi connectivity index (χ4n) is 4.28. The van der Waals surface area contributed by atoms with E-state index in [4.69, 9.17) is 0 Å². The summed E-state index contributed by atoms with van der Waals surface area (Å²) >= 11 is 0. The van der Waals surface area contributed by atoms with E-state index < -0.39 is 12.0 Å². The molecule has 0 aromatic rings. The third-order valence-corrected chi connectivity index (χ3v) is 6.17. The average Bonchev–Trinajstić information content (AvgIpc) is 2.70. The highest BCUT2D eigenvalue weighted by Crippen LogP contribution is 2.22. The maximum Gasteiger partial charge on any atom is 0.331 e. The van der Waals surface area contributed by atoms with Gasteiger partial charge in [-0.2, -0.15) is 0 Å². The number of hydrogen-bond acceptors (Lipinski definition) is 4. The smallest absolute Gasteiger partial charge is 0.331 e. The first-order valence-corrected chi connectivity index (χ1v) is 11.7. The molecule has 31 heavy (non-hydrogen) atoms. The van der Waals surface area contributed by atoms with Crippen LogP contribution in [-0.2, 0) is 14.4 Å². The summed E-state index contributed by atoms with van der Waals surface area (Å²) in [7, 11) is 0. The fraction of sp³-hybridized carbons (Fsp3) is 0.792. The van der Waals surface area contributed by atoms with Crippen LogP contribution in [0.5, 0.6) is 0 Å². The third kappa shape index (κ3) is 7.34. The van der Waals surface area contributed by atoms with Gasteiger partial charge in [0.1, 0.15) is 6.04 Å². The number of nitrogens with one attached hydrogen (secondary N) is 1. The Labute approximate surface area is 188 Å². The summed E-state index contributed by atoms with van der Waals surface area (Å²) in [5.41, 5.74) is 0.213. The Morgan fingerprint density at radius 1 is 1.10 bits per heavy atom. The molecule has 3 atom stereocenters. The lowest BCUT2D eigenvalue weighted by molar-refractivity contribution is -0.141. The molecule has 0 aromatic heterocycles. The predicted molar refractivity (Wildman–Crippen MR) is 124 cm³/mol. The molecule has 0 bridgehead atoms. The summed E-state index contributed by atoms with van der Waals surface area (Å²) < 4.78 is 0. The molecule has 178 valence electrons. The molecule has 1 aliphatic heterocycles. The van der Waals surface area contributed by atoms with Crippen molar-refractivity contribution in [3.05, 3.63) is 11.6 Å². The Morgan fingerprint density at radius 2 is 1.71 bits per heavy atom. The number of likely N-dealkylation sites (tertiary alicyclic amines) is 1. The number of rotatable bonds is 10. The van der Waals surface area contributed by atoms with Crippen LogP contribution in [0.2, 0.25) is 0 Å². The van der Waals surface area contributed by atoms with Gasteiger partial charge in [-0.05, 0) is 58.9 Å². The molecule has 1 fully saturated rings. The van der Waals surface area contributed by atoms with E-state index >= 15 is 0 Å². The molecule has 0 aromatic carbocycles. The molecule has 0 spiro atoms. The average molecular weight is 438 g/mol. The number of piperidine rings is 1. The predicted octanol–water partition coefficient (Wildman–Crippen LogP) is 3.29. The number of likely N-dealkylation sites (N-methyl/N-ethyl adjacent to an activating group) is 1. The van der Waals surface area contributed by atoms with Crippen LogP contribution in [0.3, 0.4) is 0 Å². The third-order valence-electron chi connectivity index (χ3n) is 6.17. The van der Waals surface area contributed by atoms with E-state index in [0.717, 1.165) is 25.8 Å². The number of carbonyl (C=O) groups excluding carboxylic acids is 2. The summed E-state index contributed by atoms with van der Waals surface area (Å²) in [4.78, 5) is 42.0. The molecule has 2 N–H and O–H groups in total. The van der Waals surface area contributed by atoms with Gasteiger partial charge in [-0.3, -0.25) is 14.5 Å². The van der Waals surface area contributed by atoms with Crippen LogP contribution in [-0.4, -0.2) is 69.9 Å². The Balaban J connectivity index is 3.13. The summed E-state index contributed by atoms with van der Waals surface area (Å²) in [5, 5.41) is 12.3. The first-order valence-electron chi connectivity index (χ1n) is 11.7. The topological polar surface area (TPSA) is 90.0 Å². The van der Waals surface area contributed by atoms with Crippen LogP contribution in [0.4, 0.5) is 0 Å². The first kappa shape index (κ1) is 27.1. The van der Waals surface area contributed by atoms with Gasteiger partial charge in [0.2, 0.25) is 11.8 Å². The standard InChI is InChI=1S/C24H43N3O4/c1-9-26(20(15(2)3)14-18(8)24(30)31)23(29)21(16(4)5)25-22(28)19-12-10-11-13-27(19)17(6)7/h14-17,19-21H,9-13H2,1-8H3,(H,25,28)(H,30,31)/b18-14+/t19?,20-,21-/m0/s1. The summed E-state index contributed by atoms with van der Waals surface area (Å²) in [6.07, 6.45) is 4.55. The number of carboxylic acid groups (broad SMARTS) is 1. The molecule has 2 amide bonds. The number of aliphatic carboxylic acids is 1. The largest absolute Gasteiger partial charge is 0.478 e. The minimum Gasteiger partial charge on any atom is -0.478 e. The normalized spacial score (nSPS) is 20.1. The fourth-order valence-corrected chi connectivity index (χ4v) is 4.28. The van der Waals surface area contributed by atoms with Gasteiger partial charge in [-0.25, -0.2) is 4.79 Å². The van der Waals surface area contributed by atoms with Crippen molar-refractivity contribution in [1.29, 1.82) is 0 Å². The lowest BCUT2D eigenvalue weighted by Gasteiger charge is -2.39. The molecule has 1 heterocycles. The maximum absolute atomic E-state index is 13.6. The number of carbonyl (C=O) groups is 3. The van der Waals surface area contributed by atoms with Gasteiger partial charge in [0.15, 0.2) is 0 Å². The van der Waals surface area contributed by atoms with Crippen LogP contribution in [0.25, 0.3) is 0 Å². The maximum atomic E-state index is 13.6. The monoisotopic (exact) mass is 437 g/mol. The van der Waals surface area contributed by atoms with E-state index in [9.17, 15) is 19.5 Å². The number of hydrogen-bond donors (Lipinski definition) is 2. The lowest BCUT2D eigenvalue weighted by atomic mass is 9.95. The van der Waals surface area contributed by atoms with Crippen molar-refractivity contribution >= 4 is 17.8 Å². The highest BCUT2D eigenvalue weighted by atomic mass is 16.4. The van der Waals surface area contributed by atoms with Crippen molar-refractivity contribution in [1.82, 2.24) is 15.1 Å². The van der Waals surface area contributed by atoms with Gasteiger partial charge in [0.05, 0.1) is 12.1 Å². The van der Waals surface area contributed by atoms with E-state index in [-0.39, 0.29) is 47.3 Å². The van der Waals surface area contributed by atoms with Crippen molar-refractivity contribution in [2.45, 2.75) is 98.8 Å². The van der Waals surface area contributed by atoms with Gasteiger partial charge in [0, 0.05) is 18.2 Å². The first-order chi connectivity index (χ1) is 14.4. The number of carboxylic acids is 1. The molecule has 0 radical (unpaired) electrons. The van der Waals surface area contributed by atoms with Crippen molar-refractivity contribution < 1.29 is 19.5 Å². The molecule has 7 heteroatoms. The van der Waals surface area contributed by atoms with Gasteiger partial charge >= 0.3 is 5.97 Å². The zero-order chi connectivity index (χ0) is 23.9. The van der Waals surface area contributed by atoms with Crippen LogP contribution in [0, 0.1) is 11.8 Å². The molecule has 0 saturated carbocycles. The molecule has 1 saturated heterocycles. The van der Waals surface area contributed by atoms with Crippen LogP contribution in [0.1, 0.15) is 74.7 Å². The van der Waals surface area contributed by atoms with Crippen LogP contribution < -0.4 is 5.32 Å². The second-order valence-corrected chi connectivity index (χ2v) is 9.59. The van der Waals surface area contributed by atoms with E-state index in [1.54, 1.807) is 17.9 Å². The van der Waals surface area contributed by atoms with E-state index in [1.807, 2.05) is 34.6 Å². The highest BCUT2D eigenvalue weighted by molar-refractivity contribution is 5.90.